The fourth-order valence-corrected chi connectivity index (χ4v) is 3.47. The monoisotopic (exact) mass is 399 g/mol. The van der Waals surface area contributed by atoms with Gasteiger partial charge < -0.3 is 4.84 Å². The number of benzene rings is 2. The highest BCUT2D eigenvalue weighted by molar-refractivity contribution is 6.30. The van der Waals surface area contributed by atoms with E-state index in [2.05, 4.69) is 48.1 Å². The summed E-state index contributed by atoms with van der Waals surface area (Å²) in [5.74, 6) is 0. The number of hydrogen-bond acceptors (Lipinski definition) is 5. The Morgan fingerprint density at radius 2 is 1.82 bits per heavy atom. The Bertz CT molecular complexity index is 873. The lowest BCUT2D eigenvalue weighted by atomic mass is 9.91. The Kier molecular flexibility index (Phi) is 5.26. The predicted molar refractivity (Wildman–Crippen MR) is 108 cm³/mol. The molecule has 0 unspecified atom stereocenters. The van der Waals surface area contributed by atoms with Crippen molar-refractivity contribution in [1.29, 1.82) is 0 Å². The lowest BCUT2D eigenvalue weighted by Crippen LogP contribution is -2.45. The average molecular weight is 400 g/mol. The van der Waals surface area contributed by atoms with Crippen LogP contribution in [0.5, 0.6) is 0 Å². The summed E-state index contributed by atoms with van der Waals surface area (Å²) in [6.07, 6.45) is 3.08. The normalized spacial score (nSPS) is 18.4. The predicted octanol–water partition coefficient (Wildman–Crippen LogP) is 4.52. The SMILES string of the molecule is Cc1ccc(C2=CC3(CCN(OC(=O)Nc4ccc(Cl)cc4)CC3)ON2)cc1. The van der Waals surface area contributed by atoms with E-state index in [9.17, 15) is 4.79 Å². The molecule has 0 radical (unpaired) electrons. The maximum absolute atomic E-state index is 12.1. The fourth-order valence-electron chi connectivity index (χ4n) is 3.35. The van der Waals surface area contributed by atoms with Crippen molar-refractivity contribution in [3.8, 4) is 0 Å². The molecule has 6 nitrogen and oxygen atoms in total. The number of nitrogens with zero attached hydrogens (tertiary/aromatic N) is 1. The van der Waals surface area contributed by atoms with Gasteiger partial charge in [-0.2, -0.15) is 0 Å². The van der Waals surface area contributed by atoms with Crippen LogP contribution in [0.1, 0.15) is 24.0 Å². The van der Waals surface area contributed by atoms with Gasteiger partial charge in [-0.15, -0.1) is 5.06 Å². The third kappa shape index (κ3) is 4.30. The first-order valence-electron chi connectivity index (χ1n) is 9.25. The van der Waals surface area contributed by atoms with Crippen molar-refractivity contribution < 1.29 is 14.5 Å². The summed E-state index contributed by atoms with van der Waals surface area (Å²) in [5.41, 5.74) is 6.63. The Hall–Kier alpha value is -2.54. The third-order valence-electron chi connectivity index (χ3n) is 5.01. The molecule has 0 saturated carbocycles. The van der Waals surface area contributed by atoms with Crippen LogP contribution in [-0.2, 0) is 9.68 Å². The first kappa shape index (κ1) is 18.8. The van der Waals surface area contributed by atoms with Gasteiger partial charge in [-0.05, 0) is 55.7 Å². The van der Waals surface area contributed by atoms with Crippen LogP contribution in [0.25, 0.3) is 5.70 Å². The summed E-state index contributed by atoms with van der Waals surface area (Å²) >= 11 is 5.85. The topological polar surface area (TPSA) is 62.8 Å². The zero-order chi connectivity index (χ0) is 19.6. The van der Waals surface area contributed by atoms with Gasteiger partial charge in [0.15, 0.2) is 0 Å². The summed E-state index contributed by atoms with van der Waals surface area (Å²) in [6.45, 7) is 3.25. The summed E-state index contributed by atoms with van der Waals surface area (Å²) in [6, 6.07) is 15.2. The zero-order valence-electron chi connectivity index (χ0n) is 15.6. The first-order valence-corrected chi connectivity index (χ1v) is 9.63. The number of halogens is 1. The number of carbonyl (C=O) groups excluding carboxylic acids is 1. The highest BCUT2D eigenvalue weighted by Gasteiger charge is 2.39. The molecule has 1 amide bonds. The molecule has 2 heterocycles. The third-order valence-corrected chi connectivity index (χ3v) is 5.26. The van der Waals surface area contributed by atoms with Crippen LogP contribution in [0.3, 0.4) is 0 Å². The number of rotatable bonds is 3. The smallest absolute Gasteiger partial charge is 0.351 e. The molecule has 7 heteroatoms. The van der Waals surface area contributed by atoms with Crippen molar-refractivity contribution in [1.82, 2.24) is 10.5 Å². The number of aryl methyl sites for hydroxylation is 1. The van der Waals surface area contributed by atoms with Gasteiger partial charge in [-0.3, -0.25) is 15.6 Å². The molecule has 2 N–H and O–H groups in total. The van der Waals surface area contributed by atoms with Crippen molar-refractivity contribution in [3.63, 3.8) is 0 Å². The van der Waals surface area contributed by atoms with Crippen molar-refractivity contribution in [2.75, 3.05) is 18.4 Å². The molecule has 0 bridgehead atoms. The van der Waals surface area contributed by atoms with Crippen LogP contribution in [0.15, 0.2) is 54.6 Å². The molecule has 1 saturated heterocycles. The van der Waals surface area contributed by atoms with Crippen LogP contribution in [0.4, 0.5) is 10.5 Å². The van der Waals surface area contributed by atoms with E-state index in [4.69, 9.17) is 21.3 Å². The summed E-state index contributed by atoms with van der Waals surface area (Å²) in [5, 5.41) is 4.97. The molecule has 2 aliphatic rings. The molecule has 0 atom stereocenters. The number of piperidine rings is 1. The number of carbonyl (C=O) groups is 1. The van der Waals surface area contributed by atoms with Crippen LogP contribution in [0, 0.1) is 6.92 Å². The van der Waals surface area contributed by atoms with Crippen molar-refractivity contribution in [2.24, 2.45) is 0 Å². The molecule has 0 aromatic heterocycles. The van der Waals surface area contributed by atoms with E-state index >= 15 is 0 Å². The maximum atomic E-state index is 12.1. The van der Waals surface area contributed by atoms with Crippen molar-refractivity contribution in [3.05, 3.63) is 70.8 Å². The molecular formula is C21H22ClN3O3. The first-order chi connectivity index (χ1) is 13.5. The van der Waals surface area contributed by atoms with Gasteiger partial charge in [0.25, 0.3) is 0 Å². The van der Waals surface area contributed by atoms with E-state index in [1.54, 1.807) is 29.3 Å². The molecule has 2 aromatic rings. The minimum absolute atomic E-state index is 0.368. The second kappa shape index (κ2) is 7.83. The molecule has 28 heavy (non-hydrogen) atoms. The van der Waals surface area contributed by atoms with E-state index < -0.39 is 6.09 Å². The molecule has 2 aromatic carbocycles. The fraction of sp³-hybridized carbons (Fsp3) is 0.286. The number of amides is 1. The van der Waals surface area contributed by atoms with E-state index in [1.807, 2.05) is 0 Å². The van der Waals surface area contributed by atoms with Gasteiger partial charge in [-0.1, -0.05) is 41.4 Å². The number of nitrogens with one attached hydrogen (secondary N) is 2. The van der Waals surface area contributed by atoms with Crippen LogP contribution in [0.2, 0.25) is 5.02 Å². The van der Waals surface area contributed by atoms with Crippen LogP contribution >= 0.6 is 11.6 Å². The highest BCUT2D eigenvalue weighted by atomic mass is 35.5. The molecule has 1 fully saturated rings. The highest BCUT2D eigenvalue weighted by Crippen LogP contribution is 2.34. The number of anilines is 1. The minimum Gasteiger partial charge on any atom is -0.351 e. The van der Waals surface area contributed by atoms with Crippen molar-refractivity contribution in [2.45, 2.75) is 25.4 Å². The second-order valence-electron chi connectivity index (χ2n) is 7.13. The van der Waals surface area contributed by atoms with Gasteiger partial charge in [0.05, 0.1) is 5.70 Å². The maximum Gasteiger partial charge on any atom is 0.430 e. The standard InChI is InChI=1S/C21H22ClN3O3/c1-15-2-4-16(5-3-15)19-14-21(28-24-19)10-12-25(13-11-21)27-20(26)23-18-8-6-17(22)7-9-18/h2-9,14,24H,10-13H2,1H3,(H,23,26). The average Bonchev–Trinajstić information content (AvgIpc) is 3.10. The Balaban J connectivity index is 1.31. The molecule has 0 aliphatic carbocycles. The summed E-state index contributed by atoms with van der Waals surface area (Å²) < 4.78 is 0. The summed E-state index contributed by atoms with van der Waals surface area (Å²) in [4.78, 5) is 23.4. The lowest BCUT2D eigenvalue weighted by molar-refractivity contribution is -0.153. The quantitative estimate of drug-likeness (QED) is 0.794. The number of hydrogen-bond donors (Lipinski definition) is 2. The Morgan fingerprint density at radius 3 is 2.50 bits per heavy atom. The van der Waals surface area contributed by atoms with Gasteiger partial charge >= 0.3 is 6.09 Å². The second-order valence-corrected chi connectivity index (χ2v) is 7.57. The molecule has 2 aliphatic heterocycles. The molecule has 146 valence electrons. The van der Waals surface area contributed by atoms with Crippen LogP contribution < -0.4 is 10.8 Å². The minimum atomic E-state index is -0.514. The van der Waals surface area contributed by atoms with Gasteiger partial charge in [0.1, 0.15) is 5.60 Å². The molecule has 4 rings (SSSR count). The van der Waals surface area contributed by atoms with Gasteiger partial charge in [0.2, 0.25) is 0 Å². The van der Waals surface area contributed by atoms with E-state index in [0.29, 0.717) is 23.8 Å². The Labute approximate surface area is 169 Å². The molecular weight excluding hydrogens is 378 g/mol. The summed E-state index contributed by atoms with van der Waals surface area (Å²) in [7, 11) is 0. The van der Waals surface area contributed by atoms with Crippen molar-refractivity contribution >= 4 is 29.1 Å². The van der Waals surface area contributed by atoms with Gasteiger partial charge in [0, 0.05) is 23.8 Å². The van der Waals surface area contributed by atoms with Crippen LogP contribution in [-0.4, -0.2) is 29.8 Å². The van der Waals surface area contributed by atoms with Gasteiger partial charge in [-0.25, -0.2) is 4.79 Å². The van der Waals surface area contributed by atoms with E-state index in [-0.39, 0.29) is 5.60 Å². The van der Waals surface area contributed by atoms with E-state index in [1.165, 1.54) is 5.56 Å². The largest absolute Gasteiger partial charge is 0.430 e. The Morgan fingerprint density at radius 1 is 1.14 bits per heavy atom. The van der Waals surface area contributed by atoms with E-state index in [0.717, 1.165) is 24.1 Å². The molecule has 1 spiro atoms. The zero-order valence-corrected chi connectivity index (χ0v) is 16.3. The number of hydroxylamine groups is 3. The lowest BCUT2D eigenvalue weighted by Gasteiger charge is -2.35.